The summed E-state index contributed by atoms with van der Waals surface area (Å²) < 4.78 is 2.33. The van der Waals surface area contributed by atoms with Crippen LogP contribution >= 0.6 is 0 Å². The molecule has 1 rings (SSSR count). The van der Waals surface area contributed by atoms with Crippen LogP contribution in [0.3, 0.4) is 0 Å². The van der Waals surface area contributed by atoms with Crippen LogP contribution in [0.25, 0.3) is 0 Å². The fourth-order valence-electron chi connectivity index (χ4n) is 2.52. The first-order valence-corrected chi connectivity index (χ1v) is 8.34. The number of unbranched alkanes of at least 4 members (excludes halogenated alkanes) is 7. The van der Waals surface area contributed by atoms with Crippen molar-refractivity contribution in [2.45, 2.75) is 84.6 Å². The monoisotopic (exact) mass is 281 g/mol. The van der Waals surface area contributed by atoms with Gasteiger partial charge < -0.3 is 4.70 Å². The number of halogens is 1. The number of hydrogen-bond donors (Lipinski definition) is 0. The molecule has 20 heavy (non-hydrogen) atoms. The van der Waals surface area contributed by atoms with E-state index in [4.69, 9.17) is 0 Å². The van der Waals surface area contributed by atoms with Gasteiger partial charge in [0, 0.05) is 18.6 Å². The lowest BCUT2D eigenvalue weighted by Crippen LogP contribution is -3.00. The molecule has 0 bridgehead atoms. The Balaban J connectivity index is 0.00000361. The molecule has 0 atom stereocenters. The molecule has 1 aromatic rings. The molecule has 0 fully saturated rings. The van der Waals surface area contributed by atoms with E-state index in [1.165, 1.54) is 76.3 Å². The Morgan fingerprint density at radius 2 is 1.30 bits per heavy atom. The van der Waals surface area contributed by atoms with E-state index >= 15 is 0 Å². The van der Waals surface area contributed by atoms with Crippen LogP contribution in [0, 0.1) is 0 Å². The number of nitrogens with zero attached hydrogens (tertiary/aromatic N) is 1. The molecule has 0 radical (unpaired) electrons. The van der Waals surface area contributed by atoms with Gasteiger partial charge >= 0.3 is 0 Å². The minimum atomic E-state index is 0. The van der Waals surface area contributed by atoms with E-state index in [9.17, 15) is 0 Å². The third kappa shape index (κ3) is 9.06. The molecule has 0 saturated carbocycles. The Labute approximate surface area is 124 Å². The second-order valence-electron chi connectivity index (χ2n) is 5.67. The van der Waals surface area contributed by atoms with Crippen molar-refractivity contribution in [3.63, 3.8) is 0 Å². The Bertz CT molecular complexity index is 308. The zero-order valence-electron chi connectivity index (χ0n) is 13.4. The third-order valence-electron chi connectivity index (χ3n) is 3.77. The number of aromatic nitrogens is 1. The highest BCUT2D eigenvalue weighted by Gasteiger charge is 2.00. The molecule has 1 aromatic heterocycles. The Morgan fingerprint density at radius 3 is 1.85 bits per heavy atom. The molecule has 0 saturated heterocycles. The standard InChI is InChI=1S/C18H32N.FH/c1-3-5-6-7-8-9-10-11-15-19-16-13-18(12-4-2)14-17-19;/h13-14,16-17H,3-12,15H2,1-2H3;1H/q+1;/p-1. The van der Waals surface area contributed by atoms with Crippen LogP contribution in [0.5, 0.6) is 0 Å². The molecule has 1 heterocycles. The van der Waals surface area contributed by atoms with Crippen LogP contribution in [-0.4, -0.2) is 0 Å². The van der Waals surface area contributed by atoms with Gasteiger partial charge in [0.15, 0.2) is 12.4 Å². The lowest BCUT2D eigenvalue weighted by atomic mass is 10.1. The molecule has 0 amide bonds. The van der Waals surface area contributed by atoms with Crippen molar-refractivity contribution in [3.05, 3.63) is 30.1 Å². The summed E-state index contributed by atoms with van der Waals surface area (Å²) in [5.74, 6) is 0. The molecular formula is C18H32FN. The number of pyridine rings is 1. The largest absolute Gasteiger partial charge is 1.00 e. The van der Waals surface area contributed by atoms with Crippen LogP contribution in [-0.2, 0) is 13.0 Å². The summed E-state index contributed by atoms with van der Waals surface area (Å²) in [4.78, 5) is 0. The predicted octanol–water partition coefficient (Wildman–Crippen LogP) is 2.07. The molecular weight excluding hydrogens is 249 g/mol. The summed E-state index contributed by atoms with van der Waals surface area (Å²) in [6.07, 6.45) is 18.1. The van der Waals surface area contributed by atoms with Crippen molar-refractivity contribution >= 4 is 0 Å². The van der Waals surface area contributed by atoms with E-state index in [-0.39, 0.29) is 4.70 Å². The van der Waals surface area contributed by atoms with Gasteiger partial charge in [0.2, 0.25) is 0 Å². The van der Waals surface area contributed by atoms with Gasteiger partial charge in [-0.15, -0.1) is 0 Å². The van der Waals surface area contributed by atoms with Crippen molar-refractivity contribution in [1.82, 2.24) is 0 Å². The number of aryl methyl sites for hydroxylation is 2. The highest BCUT2D eigenvalue weighted by atomic mass is 19.0. The van der Waals surface area contributed by atoms with Crippen LogP contribution < -0.4 is 9.27 Å². The van der Waals surface area contributed by atoms with Crippen molar-refractivity contribution in [3.8, 4) is 0 Å². The van der Waals surface area contributed by atoms with E-state index in [2.05, 4.69) is 42.9 Å². The molecule has 0 aliphatic rings. The summed E-state index contributed by atoms with van der Waals surface area (Å²) in [6.45, 7) is 5.70. The maximum Gasteiger partial charge on any atom is 0.169 e. The molecule has 116 valence electrons. The fraction of sp³-hybridized carbons (Fsp3) is 0.722. The molecule has 0 aromatic carbocycles. The van der Waals surface area contributed by atoms with Crippen LogP contribution in [0.4, 0.5) is 0 Å². The van der Waals surface area contributed by atoms with Gasteiger partial charge in [0.1, 0.15) is 6.54 Å². The normalized spacial score (nSPS) is 10.3. The summed E-state index contributed by atoms with van der Waals surface area (Å²) in [7, 11) is 0. The van der Waals surface area contributed by atoms with Crippen LogP contribution in [0.15, 0.2) is 24.5 Å². The van der Waals surface area contributed by atoms with Gasteiger partial charge in [-0.3, -0.25) is 0 Å². The lowest BCUT2D eigenvalue weighted by Gasteiger charge is -2.01. The zero-order chi connectivity index (χ0) is 13.8. The number of hydrogen-bond acceptors (Lipinski definition) is 0. The summed E-state index contributed by atoms with van der Waals surface area (Å²) >= 11 is 0. The maximum atomic E-state index is 2.33. The van der Waals surface area contributed by atoms with Crippen molar-refractivity contribution in [1.29, 1.82) is 0 Å². The molecule has 0 aliphatic carbocycles. The quantitative estimate of drug-likeness (QED) is 0.432. The minimum absolute atomic E-state index is 0. The average molecular weight is 281 g/mol. The molecule has 2 heteroatoms. The van der Waals surface area contributed by atoms with Gasteiger partial charge in [-0.1, -0.05) is 58.8 Å². The van der Waals surface area contributed by atoms with E-state index < -0.39 is 0 Å². The summed E-state index contributed by atoms with van der Waals surface area (Å²) in [5, 5.41) is 0. The molecule has 0 unspecified atom stereocenters. The van der Waals surface area contributed by atoms with Crippen molar-refractivity contribution in [2.24, 2.45) is 0 Å². The lowest BCUT2D eigenvalue weighted by molar-refractivity contribution is -0.697. The first kappa shape index (κ1) is 19.1. The molecule has 0 N–H and O–H groups in total. The van der Waals surface area contributed by atoms with E-state index in [1.807, 2.05) is 0 Å². The predicted molar refractivity (Wildman–Crippen MR) is 83.2 cm³/mol. The second-order valence-corrected chi connectivity index (χ2v) is 5.67. The van der Waals surface area contributed by atoms with E-state index in [1.54, 1.807) is 0 Å². The fourth-order valence-corrected chi connectivity index (χ4v) is 2.52. The van der Waals surface area contributed by atoms with Gasteiger partial charge in [-0.2, -0.15) is 0 Å². The third-order valence-corrected chi connectivity index (χ3v) is 3.77. The maximum absolute atomic E-state index is 2.33. The second kappa shape index (κ2) is 13.1. The Kier molecular flexibility index (Phi) is 12.5. The van der Waals surface area contributed by atoms with Crippen LogP contribution in [0.2, 0.25) is 0 Å². The first-order chi connectivity index (χ1) is 9.36. The topological polar surface area (TPSA) is 3.88 Å². The smallest absolute Gasteiger partial charge is 0.169 e. The molecule has 1 nitrogen and oxygen atoms in total. The molecule has 0 aliphatic heterocycles. The molecule has 0 spiro atoms. The van der Waals surface area contributed by atoms with Crippen molar-refractivity contribution < 1.29 is 9.27 Å². The van der Waals surface area contributed by atoms with Gasteiger partial charge in [-0.25, -0.2) is 4.57 Å². The minimum Gasteiger partial charge on any atom is -1.00 e. The number of rotatable bonds is 11. The SMILES string of the molecule is CCCCCCCCCC[n+]1ccc(CCC)cc1.[F-]. The highest BCUT2D eigenvalue weighted by Crippen LogP contribution is 2.08. The van der Waals surface area contributed by atoms with Crippen LogP contribution in [0.1, 0.15) is 77.2 Å². The van der Waals surface area contributed by atoms with E-state index in [0.29, 0.717) is 0 Å². The van der Waals surface area contributed by atoms with Crippen molar-refractivity contribution in [2.75, 3.05) is 0 Å². The van der Waals surface area contributed by atoms with E-state index in [0.717, 1.165) is 0 Å². The summed E-state index contributed by atoms with van der Waals surface area (Å²) in [6, 6.07) is 4.54. The Morgan fingerprint density at radius 1 is 0.750 bits per heavy atom. The zero-order valence-corrected chi connectivity index (χ0v) is 13.4. The average Bonchev–Trinajstić information content (AvgIpc) is 2.44. The summed E-state index contributed by atoms with van der Waals surface area (Å²) in [5.41, 5.74) is 1.47. The van der Waals surface area contributed by atoms with Gasteiger partial charge in [0.05, 0.1) is 0 Å². The van der Waals surface area contributed by atoms with Gasteiger partial charge in [0.25, 0.3) is 0 Å². The first-order valence-electron chi connectivity index (χ1n) is 8.34. The van der Waals surface area contributed by atoms with Gasteiger partial charge in [-0.05, 0) is 18.4 Å². The highest BCUT2D eigenvalue weighted by molar-refractivity contribution is 5.06. The Hall–Kier alpha value is -0.920.